The Morgan fingerprint density at radius 1 is 1.14 bits per heavy atom. The van der Waals surface area contributed by atoms with Gasteiger partial charge in [0.05, 0.1) is 18.3 Å². The molecule has 22 heavy (non-hydrogen) atoms. The quantitative estimate of drug-likeness (QED) is 0.842. The molecular weight excluding hydrogens is 278 g/mol. The van der Waals surface area contributed by atoms with Gasteiger partial charge in [0.25, 0.3) is 0 Å². The van der Waals surface area contributed by atoms with Crippen LogP contribution in [0.5, 0.6) is 0 Å². The second-order valence-electron chi connectivity index (χ2n) is 5.14. The summed E-state index contributed by atoms with van der Waals surface area (Å²) in [6.45, 7) is 2.07. The number of hydrogen-bond acceptors (Lipinski definition) is 3. The van der Waals surface area contributed by atoms with Gasteiger partial charge >= 0.3 is 6.09 Å². The topological polar surface area (TPSA) is 46.6 Å². The van der Waals surface area contributed by atoms with Crippen molar-refractivity contribution < 1.29 is 14.3 Å². The van der Waals surface area contributed by atoms with Gasteiger partial charge in [-0.2, -0.15) is 0 Å². The molecule has 4 nitrogen and oxygen atoms in total. The van der Waals surface area contributed by atoms with Crippen molar-refractivity contribution in [2.45, 2.75) is 19.4 Å². The molecule has 0 fully saturated rings. The average molecular weight is 295 g/mol. The van der Waals surface area contributed by atoms with E-state index in [9.17, 15) is 9.59 Å². The summed E-state index contributed by atoms with van der Waals surface area (Å²) >= 11 is 0. The van der Waals surface area contributed by atoms with Crippen LogP contribution in [0.1, 0.15) is 35.3 Å². The maximum absolute atomic E-state index is 12.4. The highest BCUT2D eigenvalue weighted by atomic mass is 16.6. The second-order valence-corrected chi connectivity index (χ2v) is 5.14. The number of carbonyl (C=O) groups excluding carboxylic acids is 2. The van der Waals surface area contributed by atoms with E-state index >= 15 is 0 Å². The van der Waals surface area contributed by atoms with E-state index in [2.05, 4.69) is 0 Å². The molecule has 0 bridgehead atoms. The fourth-order valence-electron chi connectivity index (χ4n) is 2.82. The van der Waals surface area contributed by atoms with Gasteiger partial charge in [-0.1, -0.05) is 42.5 Å². The van der Waals surface area contributed by atoms with Crippen LogP contribution >= 0.6 is 0 Å². The van der Waals surface area contributed by atoms with Gasteiger partial charge in [-0.25, -0.2) is 4.79 Å². The first-order valence-corrected chi connectivity index (χ1v) is 7.35. The summed E-state index contributed by atoms with van der Waals surface area (Å²) in [6.07, 6.45) is -0.156. The van der Waals surface area contributed by atoms with E-state index in [0.717, 1.165) is 5.56 Å². The molecule has 112 valence electrons. The lowest BCUT2D eigenvalue weighted by atomic mass is 9.90. The summed E-state index contributed by atoms with van der Waals surface area (Å²) in [7, 11) is 0. The van der Waals surface area contributed by atoms with E-state index in [0.29, 0.717) is 17.9 Å². The minimum atomic E-state index is -0.420. The summed E-state index contributed by atoms with van der Waals surface area (Å²) in [5.41, 5.74) is 2.12. The number of rotatable bonds is 2. The number of carbonyl (C=O) groups is 2. The van der Waals surface area contributed by atoms with Crippen molar-refractivity contribution in [3.8, 4) is 0 Å². The summed E-state index contributed by atoms with van der Waals surface area (Å²) < 4.78 is 5.20. The zero-order valence-electron chi connectivity index (χ0n) is 12.4. The number of ether oxygens (including phenoxy) is 1. The van der Waals surface area contributed by atoms with Gasteiger partial charge in [-0.05, 0) is 24.6 Å². The fraction of sp³-hybridized carbons (Fsp3) is 0.222. The number of amides is 1. The second kappa shape index (κ2) is 6.02. The molecule has 0 N–H and O–H groups in total. The lowest BCUT2D eigenvalue weighted by molar-refractivity contribution is 0.0963. The predicted octanol–water partition coefficient (Wildman–Crippen LogP) is 3.98. The van der Waals surface area contributed by atoms with Crippen LogP contribution in [0.2, 0.25) is 0 Å². The smallest absolute Gasteiger partial charge is 0.414 e. The van der Waals surface area contributed by atoms with Crippen molar-refractivity contribution in [1.82, 2.24) is 0 Å². The van der Waals surface area contributed by atoms with E-state index in [1.54, 1.807) is 24.0 Å². The third-order valence-electron chi connectivity index (χ3n) is 3.80. The lowest BCUT2D eigenvalue weighted by Gasteiger charge is -2.35. The predicted molar refractivity (Wildman–Crippen MR) is 84.1 cm³/mol. The largest absolute Gasteiger partial charge is 0.449 e. The van der Waals surface area contributed by atoms with E-state index < -0.39 is 6.09 Å². The van der Waals surface area contributed by atoms with Crippen LogP contribution in [0.15, 0.2) is 54.6 Å². The molecule has 2 aromatic rings. The molecular formula is C18H17NO3. The van der Waals surface area contributed by atoms with E-state index in [1.165, 1.54) is 0 Å². The highest BCUT2D eigenvalue weighted by Crippen LogP contribution is 2.38. The molecule has 0 aliphatic carbocycles. The molecule has 3 rings (SSSR count). The molecule has 0 aromatic heterocycles. The minimum absolute atomic E-state index is 0.0463. The SMILES string of the molecule is CCOC(=O)N1c2ccccc2C(=O)C[C@@H]1c1ccccc1. The fourth-order valence-corrected chi connectivity index (χ4v) is 2.82. The number of hydrogen-bond donors (Lipinski definition) is 0. The van der Waals surface area contributed by atoms with Crippen molar-refractivity contribution in [3.05, 3.63) is 65.7 Å². The van der Waals surface area contributed by atoms with Crippen LogP contribution in [0.4, 0.5) is 10.5 Å². The molecule has 1 atom stereocenters. The lowest BCUT2D eigenvalue weighted by Crippen LogP contribution is -2.40. The molecule has 0 saturated carbocycles. The van der Waals surface area contributed by atoms with Crippen molar-refractivity contribution in [2.75, 3.05) is 11.5 Å². The summed E-state index contributed by atoms with van der Waals surface area (Å²) in [6, 6.07) is 16.4. The molecule has 1 aliphatic rings. The molecule has 0 spiro atoms. The Labute approximate surface area is 129 Å². The highest BCUT2D eigenvalue weighted by molar-refractivity contribution is 6.08. The minimum Gasteiger partial charge on any atom is -0.449 e. The molecule has 1 amide bonds. The van der Waals surface area contributed by atoms with Crippen molar-refractivity contribution >= 4 is 17.6 Å². The number of para-hydroxylation sites is 1. The van der Waals surface area contributed by atoms with Crippen molar-refractivity contribution in [2.24, 2.45) is 0 Å². The third-order valence-corrected chi connectivity index (χ3v) is 3.80. The maximum atomic E-state index is 12.4. The Morgan fingerprint density at radius 3 is 2.55 bits per heavy atom. The van der Waals surface area contributed by atoms with Crippen LogP contribution in [0.25, 0.3) is 0 Å². The van der Waals surface area contributed by atoms with Gasteiger partial charge in [0, 0.05) is 12.0 Å². The van der Waals surface area contributed by atoms with Gasteiger partial charge in [0.15, 0.2) is 5.78 Å². The monoisotopic (exact) mass is 295 g/mol. The average Bonchev–Trinajstić information content (AvgIpc) is 2.56. The number of Topliss-reactive ketones (excluding diaryl/α,β-unsaturated/α-hetero) is 1. The first-order valence-electron chi connectivity index (χ1n) is 7.35. The number of anilines is 1. The van der Waals surface area contributed by atoms with Crippen LogP contribution < -0.4 is 4.90 Å². The van der Waals surface area contributed by atoms with Gasteiger partial charge in [0.1, 0.15) is 0 Å². The summed E-state index contributed by atoms with van der Waals surface area (Å²) in [5.74, 6) is 0.0463. The Hall–Kier alpha value is -2.62. The van der Waals surface area contributed by atoms with Gasteiger partial charge in [0.2, 0.25) is 0 Å². The molecule has 0 unspecified atom stereocenters. The highest BCUT2D eigenvalue weighted by Gasteiger charge is 2.36. The van der Waals surface area contributed by atoms with Crippen molar-refractivity contribution in [3.63, 3.8) is 0 Å². The number of nitrogens with zero attached hydrogens (tertiary/aromatic N) is 1. The van der Waals surface area contributed by atoms with Gasteiger partial charge in [-0.3, -0.25) is 9.69 Å². The van der Waals surface area contributed by atoms with Gasteiger partial charge < -0.3 is 4.74 Å². The van der Waals surface area contributed by atoms with E-state index in [-0.39, 0.29) is 18.2 Å². The van der Waals surface area contributed by atoms with Crippen molar-refractivity contribution in [1.29, 1.82) is 0 Å². The molecule has 1 aliphatic heterocycles. The number of benzene rings is 2. The summed E-state index contributed by atoms with van der Waals surface area (Å²) in [5, 5.41) is 0. The van der Waals surface area contributed by atoms with E-state index in [4.69, 9.17) is 4.74 Å². The molecule has 2 aromatic carbocycles. The Morgan fingerprint density at radius 2 is 1.82 bits per heavy atom. The zero-order valence-corrected chi connectivity index (χ0v) is 12.4. The summed E-state index contributed by atoms with van der Waals surface area (Å²) in [4.78, 5) is 26.5. The Balaban J connectivity index is 2.10. The third kappa shape index (κ3) is 2.48. The Bertz CT molecular complexity index is 696. The van der Waals surface area contributed by atoms with Crippen LogP contribution in [-0.4, -0.2) is 18.5 Å². The van der Waals surface area contributed by atoms with Crippen LogP contribution in [0, 0.1) is 0 Å². The number of ketones is 1. The van der Waals surface area contributed by atoms with E-state index in [1.807, 2.05) is 42.5 Å². The first kappa shape index (κ1) is 14.3. The normalized spacial score (nSPS) is 17.0. The Kier molecular flexibility index (Phi) is 3.92. The zero-order chi connectivity index (χ0) is 15.5. The van der Waals surface area contributed by atoms with Gasteiger partial charge in [-0.15, -0.1) is 0 Å². The number of fused-ring (bicyclic) bond motifs is 1. The van der Waals surface area contributed by atoms with Crippen LogP contribution in [0.3, 0.4) is 0 Å². The van der Waals surface area contributed by atoms with Crippen LogP contribution in [-0.2, 0) is 4.74 Å². The molecule has 4 heteroatoms. The molecule has 1 heterocycles. The molecule has 0 saturated heterocycles. The maximum Gasteiger partial charge on any atom is 0.414 e. The first-order chi connectivity index (χ1) is 10.7. The molecule has 0 radical (unpaired) electrons. The standard InChI is InChI=1S/C18H17NO3/c1-2-22-18(21)19-15-11-7-6-10-14(15)17(20)12-16(19)13-8-4-3-5-9-13/h3-11,16H,2,12H2,1H3/t16-/m1/s1.